The van der Waals surface area contributed by atoms with Gasteiger partial charge in [-0.1, -0.05) is 11.6 Å². The number of rotatable bonds is 4. The van der Waals surface area contributed by atoms with E-state index >= 15 is 0 Å². The van der Waals surface area contributed by atoms with E-state index in [4.69, 9.17) is 17.3 Å². The van der Waals surface area contributed by atoms with Crippen molar-refractivity contribution in [3.8, 4) is 0 Å². The Labute approximate surface area is 126 Å². The molecule has 110 valence electrons. The van der Waals surface area contributed by atoms with Gasteiger partial charge in [0, 0.05) is 30.4 Å². The molecule has 2 aromatic rings. The number of hydrogen-bond acceptors (Lipinski definition) is 4. The molecule has 0 aliphatic rings. The van der Waals surface area contributed by atoms with E-state index in [2.05, 4.69) is 10.3 Å². The second-order valence-corrected chi connectivity index (χ2v) is 5.07. The molecule has 0 fully saturated rings. The number of aryl methyl sites for hydroxylation is 2. The number of benzene rings is 1. The molecular formula is C14H15ClN4O2. The summed E-state index contributed by atoms with van der Waals surface area (Å²) in [5.41, 5.74) is 7.13. The van der Waals surface area contributed by atoms with Crippen LogP contribution in [0.15, 0.2) is 35.4 Å². The largest absolute Gasteiger partial charge is 0.397 e. The lowest BCUT2D eigenvalue weighted by molar-refractivity contribution is -0.116. The van der Waals surface area contributed by atoms with Crippen molar-refractivity contribution in [1.82, 2.24) is 9.55 Å². The van der Waals surface area contributed by atoms with Crippen LogP contribution < -0.4 is 16.7 Å². The highest BCUT2D eigenvalue weighted by Crippen LogP contribution is 2.22. The van der Waals surface area contributed by atoms with Gasteiger partial charge in [0.1, 0.15) is 0 Å². The lowest BCUT2D eigenvalue weighted by Gasteiger charge is -2.09. The normalized spacial score (nSPS) is 10.4. The van der Waals surface area contributed by atoms with Crippen molar-refractivity contribution in [1.29, 1.82) is 0 Å². The van der Waals surface area contributed by atoms with E-state index < -0.39 is 0 Å². The second kappa shape index (κ2) is 6.41. The summed E-state index contributed by atoms with van der Waals surface area (Å²) in [6, 6.07) is 4.84. The Morgan fingerprint density at radius 3 is 2.95 bits per heavy atom. The van der Waals surface area contributed by atoms with Crippen LogP contribution in [0, 0.1) is 6.92 Å². The zero-order chi connectivity index (χ0) is 15.4. The summed E-state index contributed by atoms with van der Waals surface area (Å²) < 4.78 is 1.40. The minimum absolute atomic E-state index is 0.146. The quantitative estimate of drug-likeness (QED) is 0.843. The first-order valence-electron chi connectivity index (χ1n) is 6.33. The fraction of sp³-hybridized carbons (Fsp3) is 0.214. The van der Waals surface area contributed by atoms with E-state index in [0.29, 0.717) is 16.4 Å². The number of anilines is 2. The second-order valence-electron chi connectivity index (χ2n) is 4.64. The van der Waals surface area contributed by atoms with Crippen LogP contribution in [0.1, 0.15) is 12.0 Å². The SMILES string of the molecule is Cc1cnc(=O)n(CCC(=O)Nc2ccc(Cl)cc2N)c1. The molecule has 0 aliphatic carbocycles. The molecule has 0 aliphatic heterocycles. The zero-order valence-electron chi connectivity index (χ0n) is 11.5. The van der Waals surface area contributed by atoms with Gasteiger partial charge in [0.05, 0.1) is 11.4 Å². The van der Waals surface area contributed by atoms with Gasteiger partial charge in [-0.25, -0.2) is 9.78 Å². The molecule has 0 saturated carbocycles. The van der Waals surface area contributed by atoms with E-state index in [9.17, 15) is 9.59 Å². The first-order chi connectivity index (χ1) is 9.95. The van der Waals surface area contributed by atoms with Gasteiger partial charge >= 0.3 is 5.69 Å². The summed E-state index contributed by atoms with van der Waals surface area (Å²) in [5, 5.41) is 3.19. The fourth-order valence-corrected chi connectivity index (χ4v) is 1.99. The van der Waals surface area contributed by atoms with Crippen molar-refractivity contribution >= 4 is 28.9 Å². The van der Waals surface area contributed by atoms with Gasteiger partial charge in [-0.15, -0.1) is 0 Å². The average molecular weight is 307 g/mol. The summed E-state index contributed by atoms with van der Waals surface area (Å²) in [6.07, 6.45) is 3.31. The Bertz CT molecular complexity index is 727. The van der Waals surface area contributed by atoms with E-state index in [-0.39, 0.29) is 24.6 Å². The lowest BCUT2D eigenvalue weighted by atomic mass is 10.2. The number of nitrogen functional groups attached to an aromatic ring is 1. The van der Waals surface area contributed by atoms with Crippen LogP contribution in [-0.2, 0) is 11.3 Å². The van der Waals surface area contributed by atoms with Crippen molar-refractivity contribution in [3.63, 3.8) is 0 Å². The van der Waals surface area contributed by atoms with Crippen LogP contribution in [0.5, 0.6) is 0 Å². The highest BCUT2D eigenvalue weighted by Gasteiger charge is 2.07. The molecule has 3 N–H and O–H groups in total. The number of nitrogens with zero attached hydrogens (tertiary/aromatic N) is 2. The number of nitrogens with two attached hydrogens (primary N) is 1. The van der Waals surface area contributed by atoms with Gasteiger partial charge in [-0.3, -0.25) is 9.36 Å². The molecule has 0 saturated heterocycles. The Morgan fingerprint density at radius 1 is 1.48 bits per heavy atom. The molecule has 0 atom stereocenters. The molecule has 21 heavy (non-hydrogen) atoms. The van der Waals surface area contributed by atoms with Crippen LogP contribution in [0.3, 0.4) is 0 Å². The third-order valence-electron chi connectivity index (χ3n) is 2.85. The van der Waals surface area contributed by atoms with Crippen molar-refractivity contribution in [3.05, 3.63) is 51.7 Å². The van der Waals surface area contributed by atoms with Crippen LogP contribution >= 0.6 is 11.6 Å². The summed E-state index contributed by atoms with van der Waals surface area (Å²) in [7, 11) is 0. The van der Waals surface area contributed by atoms with E-state index in [1.807, 2.05) is 6.92 Å². The summed E-state index contributed by atoms with van der Waals surface area (Å²) >= 11 is 5.79. The van der Waals surface area contributed by atoms with E-state index in [0.717, 1.165) is 5.56 Å². The predicted octanol–water partition coefficient (Wildman–Crippen LogP) is 1.82. The molecule has 7 heteroatoms. The summed E-state index contributed by atoms with van der Waals surface area (Å²) in [6.45, 7) is 2.09. The first-order valence-corrected chi connectivity index (χ1v) is 6.71. The molecule has 0 radical (unpaired) electrons. The predicted molar refractivity (Wildman–Crippen MR) is 82.3 cm³/mol. The minimum Gasteiger partial charge on any atom is -0.397 e. The third-order valence-corrected chi connectivity index (χ3v) is 3.09. The van der Waals surface area contributed by atoms with Gasteiger partial charge in [0.15, 0.2) is 0 Å². The smallest absolute Gasteiger partial charge is 0.347 e. The Morgan fingerprint density at radius 2 is 2.24 bits per heavy atom. The Hall–Kier alpha value is -2.34. The lowest BCUT2D eigenvalue weighted by Crippen LogP contribution is -2.25. The summed E-state index contributed by atoms with van der Waals surface area (Å²) in [4.78, 5) is 27.1. The molecule has 0 bridgehead atoms. The number of halogens is 1. The monoisotopic (exact) mass is 306 g/mol. The van der Waals surface area contributed by atoms with Crippen LogP contribution in [0.25, 0.3) is 0 Å². The number of nitrogens with one attached hydrogen (secondary N) is 1. The van der Waals surface area contributed by atoms with Crippen molar-refractivity contribution < 1.29 is 4.79 Å². The van der Waals surface area contributed by atoms with Crippen molar-refractivity contribution in [2.75, 3.05) is 11.1 Å². The molecule has 1 aromatic carbocycles. The number of carbonyl (C=O) groups excluding carboxylic acids is 1. The highest BCUT2D eigenvalue weighted by molar-refractivity contribution is 6.31. The van der Waals surface area contributed by atoms with Gasteiger partial charge in [-0.05, 0) is 30.7 Å². The standard InChI is InChI=1S/C14H15ClN4O2/c1-9-7-17-14(21)19(8-9)5-4-13(20)18-12-3-2-10(15)6-11(12)16/h2-3,6-8H,4-5,16H2,1H3,(H,18,20). The zero-order valence-corrected chi connectivity index (χ0v) is 12.2. The maximum absolute atomic E-state index is 11.9. The molecule has 6 nitrogen and oxygen atoms in total. The highest BCUT2D eigenvalue weighted by atomic mass is 35.5. The first kappa shape index (κ1) is 15.1. The number of carbonyl (C=O) groups is 1. The summed E-state index contributed by atoms with van der Waals surface area (Å²) in [5.74, 6) is -0.238. The fourth-order valence-electron chi connectivity index (χ4n) is 1.81. The van der Waals surface area contributed by atoms with Crippen LogP contribution in [0.2, 0.25) is 5.02 Å². The van der Waals surface area contributed by atoms with Gasteiger partial charge in [0.2, 0.25) is 5.91 Å². The van der Waals surface area contributed by atoms with Gasteiger partial charge in [0.25, 0.3) is 0 Å². The molecule has 1 amide bonds. The maximum Gasteiger partial charge on any atom is 0.347 e. The Kier molecular flexibility index (Phi) is 4.59. The van der Waals surface area contributed by atoms with Crippen LogP contribution in [0.4, 0.5) is 11.4 Å². The molecule has 1 heterocycles. The molecule has 1 aromatic heterocycles. The topological polar surface area (TPSA) is 90.0 Å². The van der Waals surface area contributed by atoms with Crippen molar-refractivity contribution in [2.24, 2.45) is 0 Å². The van der Waals surface area contributed by atoms with Gasteiger partial charge in [-0.2, -0.15) is 0 Å². The minimum atomic E-state index is -0.376. The number of amides is 1. The average Bonchev–Trinajstić information content (AvgIpc) is 2.43. The molecule has 0 spiro atoms. The molecule has 0 unspecified atom stereocenters. The number of hydrogen-bond donors (Lipinski definition) is 2. The molecular weight excluding hydrogens is 292 g/mol. The third kappa shape index (κ3) is 4.06. The number of aromatic nitrogens is 2. The molecule has 2 rings (SSSR count). The van der Waals surface area contributed by atoms with E-state index in [1.165, 1.54) is 10.8 Å². The van der Waals surface area contributed by atoms with Gasteiger partial charge < -0.3 is 11.1 Å². The maximum atomic E-state index is 11.9. The van der Waals surface area contributed by atoms with Crippen molar-refractivity contribution in [2.45, 2.75) is 19.9 Å². The Balaban J connectivity index is 1.99. The van der Waals surface area contributed by atoms with E-state index in [1.54, 1.807) is 24.4 Å². The van der Waals surface area contributed by atoms with Crippen LogP contribution in [-0.4, -0.2) is 15.5 Å².